The molecular weight excluding hydrogens is 232 g/mol. The summed E-state index contributed by atoms with van der Waals surface area (Å²) in [6, 6.07) is 7.51. The van der Waals surface area contributed by atoms with E-state index in [0.717, 1.165) is 11.0 Å². The maximum Gasteiger partial charge on any atom is 0.246 e. The molecule has 0 amide bonds. The predicted molar refractivity (Wildman–Crippen MR) is 66.4 cm³/mol. The van der Waals surface area contributed by atoms with Crippen molar-refractivity contribution in [2.75, 3.05) is 31.3 Å². The molecule has 2 heterocycles. The summed E-state index contributed by atoms with van der Waals surface area (Å²) in [7, 11) is 0. The van der Waals surface area contributed by atoms with Crippen molar-refractivity contribution in [3.8, 4) is 0 Å². The van der Waals surface area contributed by atoms with Gasteiger partial charge in [-0.15, -0.1) is 10.2 Å². The van der Waals surface area contributed by atoms with Crippen LogP contribution < -0.4 is 4.90 Å². The van der Waals surface area contributed by atoms with Crippen molar-refractivity contribution in [1.82, 2.24) is 15.2 Å². The summed E-state index contributed by atoms with van der Waals surface area (Å²) in [4.78, 5) is 6.43. The zero-order chi connectivity index (χ0) is 12.4. The summed E-state index contributed by atoms with van der Waals surface area (Å²) in [5, 5.41) is 17.6. The molecule has 3 rings (SSSR count). The third kappa shape index (κ3) is 2.00. The molecular formula is C12H14N4O2. The molecule has 0 bridgehead atoms. The number of aliphatic hydroxyl groups is 1. The molecule has 0 aliphatic carbocycles. The number of aromatic nitrogens is 3. The Balaban J connectivity index is 1.97. The lowest BCUT2D eigenvalue weighted by Gasteiger charge is -2.34. The Hall–Kier alpha value is -1.79. The van der Waals surface area contributed by atoms with Crippen molar-refractivity contribution in [1.29, 1.82) is 0 Å². The molecule has 6 heteroatoms. The molecule has 18 heavy (non-hydrogen) atoms. The molecule has 0 saturated carbocycles. The van der Waals surface area contributed by atoms with Gasteiger partial charge in [0.25, 0.3) is 0 Å². The lowest BCUT2D eigenvalue weighted by molar-refractivity contribution is 0.0717. The molecule has 1 aromatic carbocycles. The highest BCUT2D eigenvalue weighted by atomic mass is 16.5. The van der Waals surface area contributed by atoms with Gasteiger partial charge in [0.2, 0.25) is 5.95 Å². The molecule has 6 nitrogen and oxygen atoms in total. The predicted octanol–water partition coefficient (Wildman–Crippen LogP) is 0.222. The molecule has 0 radical (unpaired) electrons. The van der Waals surface area contributed by atoms with Crippen molar-refractivity contribution < 1.29 is 9.84 Å². The van der Waals surface area contributed by atoms with Crippen molar-refractivity contribution >= 4 is 17.0 Å². The van der Waals surface area contributed by atoms with Gasteiger partial charge in [0.05, 0.1) is 31.4 Å². The van der Waals surface area contributed by atoms with Gasteiger partial charge in [0.15, 0.2) is 0 Å². The molecule has 1 aliphatic heterocycles. The van der Waals surface area contributed by atoms with Crippen LogP contribution in [0.4, 0.5) is 5.95 Å². The molecule has 1 fully saturated rings. The Morgan fingerprint density at radius 1 is 1.28 bits per heavy atom. The summed E-state index contributed by atoms with van der Waals surface area (Å²) in [5.41, 5.74) is 1.58. The molecule has 1 unspecified atom stereocenters. The SMILES string of the molecule is OCC1COCCN1c1nnc2ccccc2n1. The normalized spacial score (nSPS) is 20.3. The van der Waals surface area contributed by atoms with E-state index >= 15 is 0 Å². The van der Waals surface area contributed by atoms with Crippen LogP contribution in [0.25, 0.3) is 11.0 Å². The number of morpholine rings is 1. The molecule has 1 aromatic heterocycles. The molecule has 1 aliphatic rings. The van der Waals surface area contributed by atoms with E-state index in [2.05, 4.69) is 15.2 Å². The molecule has 1 saturated heterocycles. The minimum atomic E-state index is -0.0956. The number of benzene rings is 1. The highest BCUT2D eigenvalue weighted by Crippen LogP contribution is 2.16. The zero-order valence-electron chi connectivity index (χ0n) is 9.86. The van der Waals surface area contributed by atoms with Crippen LogP contribution in [0.3, 0.4) is 0 Å². The van der Waals surface area contributed by atoms with E-state index in [1.807, 2.05) is 29.2 Å². The van der Waals surface area contributed by atoms with Gasteiger partial charge >= 0.3 is 0 Å². The van der Waals surface area contributed by atoms with E-state index in [4.69, 9.17) is 4.74 Å². The third-order valence-electron chi connectivity index (χ3n) is 3.04. The lowest BCUT2D eigenvalue weighted by atomic mass is 10.2. The Kier molecular flexibility index (Phi) is 3.04. The van der Waals surface area contributed by atoms with Crippen LogP contribution in [0.5, 0.6) is 0 Å². The highest BCUT2D eigenvalue weighted by molar-refractivity contribution is 5.74. The fourth-order valence-electron chi connectivity index (χ4n) is 2.06. The first-order valence-corrected chi connectivity index (χ1v) is 5.93. The van der Waals surface area contributed by atoms with E-state index in [-0.39, 0.29) is 12.6 Å². The summed E-state index contributed by atoms with van der Waals surface area (Å²) in [6.07, 6.45) is 0. The van der Waals surface area contributed by atoms with Crippen LogP contribution >= 0.6 is 0 Å². The number of aliphatic hydroxyl groups excluding tert-OH is 1. The second-order valence-corrected chi connectivity index (χ2v) is 4.21. The quantitative estimate of drug-likeness (QED) is 0.817. The Morgan fingerprint density at radius 2 is 2.11 bits per heavy atom. The number of rotatable bonds is 2. The van der Waals surface area contributed by atoms with Crippen LogP contribution in [0, 0.1) is 0 Å². The molecule has 2 aromatic rings. The monoisotopic (exact) mass is 246 g/mol. The fourth-order valence-corrected chi connectivity index (χ4v) is 2.06. The number of ether oxygens (including phenoxy) is 1. The van der Waals surface area contributed by atoms with E-state index in [1.54, 1.807) is 0 Å². The number of anilines is 1. The van der Waals surface area contributed by atoms with Crippen molar-refractivity contribution in [3.63, 3.8) is 0 Å². The maximum absolute atomic E-state index is 9.34. The Morgan fingerprint density at radius 3 is 2.94 bits per heavy atom. The van der Waals surface area contributed by atoms with Crippen molar-refractivity contribution in [3.05, 3.63) is 24.3 Å². The fraction of sp³-hybridized carbons (Fsp3) is 0.417. The van der Waals surface area contributed by atoms with E-state index in [9.17, 15) is 5.11 Å². The van der Waals surface area contributed by atoms with Gasteiger partial charge in [-0.25, -0.2) is 4.98 Å². The van der Waals surface area contributed by atoms with Crippen molar-refractivity contribution in [2.24, 2.45) is 0 Å². The maximum atomic E-state index is 9.34. The molecule has 94 valence electrons. The standard InChI is InChI=1S/C12H14N4O2/c17-7-9-8-18-6-5-16(9)12-13-10-3-1-2-4-11(10)14-15-12/h1-4,9,17H,5-8H2. The molecule has 0 spiro atoms. The van der Waals surface area contributed by atoms with E-state index in [1.165, 1.54) is 0 Å². The van der Waals surface area contributed by atoms with Crippen LogP contribution in [0.1, 0.15) is 0 Å². The van der Waals surface area contributed by atoms with Crippen LogP contribution in [-0.2, 0) is 4.74 Å². The Bertz CT molecular complexity index is 548. The number of nitrogens with zero attached hydrogens (tertiary/aromatic N) is 4. The van der Waals surface area contributed by atoms with Gasteiger partial charge < -0.3 is 14.7 Å². The summed E-state index contributed by atoms with van der Waals surface area (Å²) in [5.74, 6) is 0.552. The van der Waals surface area contributed by atoms with Crippen LogP contribution in [0.2, 0.25) is 0 Å². The van der Waals surface area contributed by atoms with Crippen LogP contribution in [0.15, 0.2) is 24.3 Å². The molecule has 1 N–H and O–H groups in total. The Labute approximate surface area is 104 Å². The largest absolute Gasteiger partial charge is 0.394 e. The summed E-state index contributed by atoms with van der Waals surface area (Å²) in [6.45, 7) is 1.81. The number of hydrogen-bond acceptors (Lipinski definition) is 6. The number of para-hydroxylation sites is 1. The minimum Gasteiger partial charge on any atom is -0.394 e. The number of hydrogen-bond donors (Lipinski definition) is 1. The zero-order valence-corrected chi connectivity index (χ0v) is 9.86. The van der Waals surface area contributed by atoms with Gasteiger partial charge in [0.1, 0.15) is 5.52 Å². The summed E-state index contributed by atoms with van der Waals surface area (Å²) < 4.78 is 5.33. The summed E-state index contributed by atoms with van der Waals surface area (Å²) >= 11 is 0. The first-order chi connectivity index (χ1) is 8.88. The van der Waals surface area contributed by atoms with Crippen LogP contribution in [-0.4, -0.2) is 52.7 Å². The van der Waals surface area contributed by atoms with Crippen molar-refractivity contribution in [2.45, 2.75) is 6.04 Å². The minimum absolute atomic E-state index is 0.0240. The van der Waals surface area contributed by atoms with E-state index in [0.29, 0.717) is 25.7 Å². The first-order valence-electron chi connectivity index (χ1n) is 5.93. The smallest absolute Gasteiger partial charge is 0.246 e. The topological polar surface area (TPSA) is 71.4 Å². The average molecular weight is 246 g/mol. The van der Waals surface area contributed by atoms with Gasteiger partial charge in [-0.1, -0.05) is 12.1 Å². The van der Waals surface area contributed by atoms with Gasteiger partial charge in [-0.05, 0) is 12.1 Å². The average Bonchev–Trinajstić information content (AvgIpc) is 2.46. The van der Waals surface area contributed by atoms with E-state index < -0.39 is 0 Å². The van der Waals surface area contributed by atoms with Gasteiger partial charge in [-0.3, -0.25) is 0 Å². The van der Waals surface area contributed by atoms with Gasteiger partial charge in [0, 0.05) is 6.54 Å². The lowest BCUT2D eigenvalue weighted by Crippen LogP contribution is -2.48. The second-order valence-electron chi connectivity index (χ2n) is 4.21. The van der Waals surface area contributed by atoms with Gasteiger partial charge in [-0.2, -0.15) is 0 Å². The first kappa shape index (κ1) is 11.3. The second kappa shape index (κ2) is 4.83. The highest BCUT2D eigenvalue weighted by Gasteiger charge is 2.24. The number of fused-ring (bicyclic) bond motifs is 1. The third-order valence-corrected chi connectivity index (χ3v) is 3.04. The molecule has 1 atom stereocenters.